The molecule has 3 nitrogen and oxygen atoms in total. The van der Waals surface area contributed by atoms with E-state index in [0.717, 1.165) is 13.0 Å². The lowest BCUT2D eigenvalue weighted by Gasteiger charge is -2.10. The van der Waals surface area contributed by atoms with E-state index in [9.17, 15) is 4.79 Å². The second-order valence-electron chi connectivity index (χ2n) is 2.80. The maximum absolute atomic E-state index is 11.2. The van der Waals surface area contributed by atoms with Crippen LogP contribution in [0.3, 0.4) is 0 Å². The van der Waals surface area contributed by atoms with Crippen molar-refractivity contribution in [3.8, 4) is 12.3 Å². The Morgan fingerprint density at radius 2 is 2.23 bits per heavy atom. The maximum Gasteiger partial charge on any atom is 0.222 e. The Kier molecular flexibility index (Phi) is 7.04. The molecule has 1 amide bonds. The van der Waals surface area contributed by atoms with Crippen molar-refractivity contribution in [1.29, 1.82) is 0 Å². The number of hydrogen-bond acceptors (Lipinski definition) is 2. The minimum Gasteiger partial charge on any atom is -0.342 e. The van der Waals surface area contributed by atoms with Gasteiger partial charge in [-0.05, 0) is 13.0 Å². The molecule has 0 rings (SSSR count). The van der Waals surface area contributed by atoms with Gasteiger partial charge < -0.3 is 10.6 Å². The number of carbonyl (C=O) groups excluding carboxylic acids is 1. The lowest BCUT2D eigenvalue weighted by Crippen LogP contribution is -2.34. The minimum absolute atomic E-state index is 0.0192. The molecule has 0 aliphatic carbocycles. The number of carbonyl (C=O) groups is 1. The minimum atomic E-state index is -0.117. The number of amides is 1. The van der Waals surface area contributed by atoms with Gasteiger partial charge in [0, 0.05) is 13.0 Å². The van der Waals surface area contributed by atoms with Crippen LogP contribution in [0.25, 0.3) is 0 Å². The summed E-state index contributed by atoms with van der Waals surface area (Å²) in [6, 6.07) is -0.117. The molecule has 0 aliphatic heterocycles. The second-order valence-corrected chi connectivity index (χ2v) is 2.80. The van der Waals surface area contributed by atoms with E-state index in [1.54, 1.807) is 0 Å². The molecule has 74 valence electrons. The molecule has 0 fully saturated rings. The van der Waals surface area contributed by atoms with Crippen LogP contribution in [-0.4, -0.2) is 25.0 Å². The smallest absolute Gasteiger partial charge is 0.222 e. The van der Waals surface area contributed by atoms with Gasteiger partial charge in [0.1, 0.15) is 0 Å². The van der Waals surface area contributed by atoms with E-state index in [1.807, 2.05) is 13.8 Å². The molecule has 1 unspecified atom stereocenters. The Balaban J connectivity index is 3.56. The van der Waals surface area contributed by atoms with Crippen LogP contribution in [0.2, 0.25) is 0 Å². The number of rotatable bonds is 6. The molecule has 1 atom stereocenters. The summed E-state index contributed by atoms with van der Waals surface area (Å²) < 4.78 is 0. The molecule has 2 N–H and O–H groups in total. The molecule has 13 heavy (non-hydrogen) atoms. The van der Waals surface area contributed by atoms with E-state index < -0.39 is 0 Å². The van der Waals surface area contributed by atoms with Crippen molar-refractivity contribution in [1.82, 2.24) is 10.6 Å². The second kappa shape index (κ2) is 7.63. The third-order valence-electron chi connectivity index (χ3n) is 1.72. The van der Waals surface area contributed by atoms with Crippen molar-refractivity contribution in [2.75, 3.05) is 13.1 Å². The molecule has 0 saturated heterocycles. The molecule has 0 heterocycles. The van der Waals surface area contributed by atoms with Crippen molar-refractivity contribution in [2.45, 2.75) is 32.7 Å². The van der Waals surface area contributed by atoms with Crippen LogP contribution in [0.15, 0.2) is 0 Å². The van der Waals surface area contributed by atoms with Crippen molar-refractivity contribution in [3.05, 3.63) is 0 Å². The highest BCUT2D eigenvalue weighted by molar-refractivity contribution is 5.76. The van der Waals surface area contributed by atoms with Crippen molar-refractivity contribution >= 4 is 5.91 Å². The van der Waals surface area contributed by atoms with Gasteiger partial charge in [0.2, 0.25) is 5.91 Å². The first-order valence-corrected chi connectivity index (χ1v) is 4.70. The van der Waals surface area contributed by atoms with Gasteiger partial charge in [-0.3, -0.25) is 4.79 Å². The topological polar surface area (TPSA) is 41.1 Å². The lowest BCUT2D eigenvalue weighted by molar-refractivity contribution is -0.121. The van der Waals surface area contributed by atoms with Crippen LogP contribution in [0.1, 0.15) is 26.7 Å². The van der Waals surface area contributed by atoms with Crippen LogP contribution in [0.4, 0.5) is 0 Å². The molecule has 0 aromatic carbocycles. The monoisotopic (exact) mass is 182 g/mol. The molecule has 0 spiro atoms. The number of terminal acetylenes is 1. The van der Waals surface area contributed by atoms with Crippen molar-refractivity contribution < 1.29 is 4.79 Å². The van der Waals surface area contributed by atoms with Crippen molar-refractivity contribution in [3.63, 3.8) is 0 Å². The molecular formula is C10H18N2O. The Labute approximate surface area is 80.3 Å². The van der Waals surface area contributed by atoms with Crippen LogP contribution in [0.5, 0.6) is 0 Å². The molecule has 0 saturated carbocycles. The Hall–Kier alpha value is -1.01. The number of nitrogens with one attached hydrogen (secondary N) is 2. The predicted molar refractivity (Wildman–Crippen MR) is 54.2 cm³/mol. The average molecular weight is 182 g/mol. The van der Waals surface area contributed by atoms with Crippen LogP contribution in [-0.2, 0) is 4.79 Å². The Morgan fingerprint density at radius 3 is 2.69 bits per heavy atom. The van der Waals surface area contributed by atoms with Gasteiger partial charge in [0.05, 0.1) is 6.04 Å². The lowest BCUT2D eigenvalue weighted by atomic mass is 10.2. The van der Waals surface area contributed by atoms with Gasteiger partial charge >= 0.3 is 0 Å². The molecule has 3 heteroatoms. The Morgan fingerprint density at radius 1 is 1.54 bits per heavy atom. The molecule has 0 aromatic heterocycles. The van der Waals surface area contributed by atoms with E-state index in [0.29, 0.717) is 13.0 Å². The normalized spacial score (nSPS) is 11.8. The molecule has 0 aliphatic rings. The van der Waals surface area contributed by atoms with E-state index in [4.69, 9.17) is 6.42 Å². The van der Waals surface area contributed by atoms with Gasteiger partial charge in [0.25, 0.3) is 0 Å². The molecule has 0 aromatic rings. The van der Waals surface area contributed by atoms with Crippen LogP contribution < -0.4 is 10.6 Å². The summed E-state index contributed by atoms with van der Waals surface area (Å²) in [5.74, 6) is 2.54. The summed E-state index contributed by atoms with van der Waals surface area (Å²) in [6.45, 7) is 5.56. The molecular weight excluding hydrogens is 164 g/mol. The quantitative estimate of drug-likeness (QED) is 0.464. The summed E-state index contributed by atoms with van der Waals surface area (Å²) in [4.78, 5) is 11.2. The summed E-state index contributed by atoms with van der Waals surface area (Å²) in [5, 5.41) is 5.84. The van der Waals surface area contributed by atoms with E-state index in [1.165, 1.54) is 0 Å². The highest BCUT2D eigenvalue weighted by atomic mass is 16.1. The average Bonchev–Trinajstić information content (AvgIpc) is 2.14. The summed E-state index contributed by atoms with van der Waals surface area (Å²) >= 11 is 0. The SMILES string of the molecule is C#CC(CC)NC(=O)CCNCC. The summed E-state index contributed by atoms with van der Waals surface area (Å²) in [6.07, 6.45) is 6.48. The van der Waals surface area contributed by atoms with E-state index in [-0.39, 0.29) is 11.9 Å². The fourth-order valence-electron chi connectivity index (χ4n) is 0.907. The first-order chi connectivity index (χ1) is 6.24. The zero-order valence-electron chi connectivity index (χ0n) is 8.39. The Bertz CT molecular complexity index is 184. The third kappa shape index (κ3) is 6.18. The van der Waals surface area contributed by atoms with Gasteiger partial charge in [-0.2, -0.15) is 0 Å². The zero-order chi connectivity index (χ0) is 10.1. The maximum atomic E-state index is 11.2. The van der Waals surface area contributed by atoms with Gasteiger partial charge in [-0.25, -0.2) is 0 Å². The van der Waals surface area contributed by atoms with E-state index in [2.05, 4.69) is 16.6 Å². The summed E-state index contributed by atoms with van der Waals surface area (Å²) in [5.41, 5.74) is 0. The molecule has 0 bridgehead atoms. The highest BCUT2D eigenvalue weighted by Gasteiger charge is 2.05. The molecule has 0 radical (unpaired) electrons. The fraction of sp³-hybridized carbons (Fsp3) is 0.700. The largest absolute Gasteiger partial charge is 0.342 e. The van der Waals surface area contributed by atoms with Crippen molar-refractivity contribution in [2.24, 2.45) is 0 Å². The summed E-state index contributed by atoms with van der Waals surface area (Å²) in [7, 11) is 0. The van der Waals surface area contributed by atoms with E-state index >= 15 is 0 Å². The third-order valence-corrected chi connectivity index (χ3v) is 1.72. The predicted octanol–water partition coefficient (Wildman–Crippen LogP) is 0.514. The highest BCUT2D eigenvalue weighted by Crippen LogP contribution is 1.88. The number of hydrogen-bond donors (Lipinski definition) is 2. The zero-order valence-corrected chi connectivity index (χ0v) is 8.39. The van der Waals surface area contributed by atoms with Crippen LogP contribution in [0, 0.1) is 12.3 Å². The van der Waals surface area contributed by atoms with Gasteiger partial charge in [0.15, 0.2) is 0 Å². The van der Waals surface area contributed by atoms with Gasteiger partial charge in [-0.1, -0.05) is 19.8 Å². The first-order valence-electron chi connectivity index (χ1n) is 4.70. The fourth-order valence-corrected chi connectivity index (χ4v) is 0.907. The first kappa shape index (κ1) is 12.0. The van der Waals surface area contributed by atoms with Crippen LogP contribution >= 0.6 is 0 Å². The van der Waals surface area contributed by atoms with Gasteiger partial charge in [-0.15, -0.1) is 6.42 Å². The standard InChI is InChI=1S/C10H18N2O/c1-4-9(5-2)12-10(13)7-8-11-6-3/h1,9,11H,5-8H2,2-3H3,(H,12,13).